The summed E-state index contributed by atoms with van der Waals surface area (Å²) in [6.45, 7) is 6.29. The van der Waals surface area contributed by atoms with E-state index in [2.05, 4.69) is 18.7 Å². The third kappa shape index (κ3) is 4.71. The summed E-state index contributed by atoms with van der Waals surface area (Å²) in [4.78, 5) is 2.44. The fourth-order valence-electron chi connectivity index (χ4n) is 2.43. The molecule has 1 N–H and O–H groups in total. The van der Waals surface area contributed by atoms with Crippen LogP contribution in [0.1, 0.15) is 39.5 Å². The average molecular weight is 234 g/mol. The number of halogens is 1. The number of aliphatic hydroxyl groups excluding tert-OH is 1. The maximum atomic E-state index is 9.63. The van der Waals surface area contributed by atoms with Crippen molar-refractivity contribution in [1.82, 2.24) is 4.90 Å². The van der Waals surface area contributed by atoms with Crippen LogP contribution in [0.3, 0.4) is 0 Å². The molecule has 1 aliphatic carbocycles. The van der Waals surface area contributed by atoms with Gasteiger partial charge in [-0.3, -0.25) is 4.90 Å². The van der Waals surface area contributed by atoms with Crippen molar-refractivity contribution in [2.24, 2.45) is 5.92 Å². The Balaban J connectivity index is 2.43. The molecule has 1 aliphatic rings. The van der Waals surface area contributed by atoms with Crippen LogP contribution in [0.2, 0.25) is 0 Å². The minimum atomic E-state index is -0.369. The highest BCUT2D eigenvalue weighted by Gasteiger charge is 2.24. The highest BCUT2D eigenvalue weighted by molar-refractivity contribution is 6.18. The lowest BCUT2D eigenvalue weighted by Gasteiger charge is -2.31. The topological polar surface area (TPSA) is 23.5 Å². The molecule has 1 atom stereocenters. The Morgan fingerprint density at radius 2 is 1.87 bits per heavy atom. The van der Waals surface area contributed by atoms with Gasteiger partial charge in [0.25, 0.3) is 0 Å². The van der Waals surface area contributed by atoms with Crippen molar-refractivity contribution in [3.8, 4) is 0 Å². The predicted octanol–water partition coefficient (Wildman–Crippen LogP) is 2.49. The fourth-order valence-corrected chi connectivity index (χ4v) is 2.53. The van der Waals surface area contributed by atoms with E-state index in [1.54, 1.807) is 0 Å². The van der Waals surface area contributed by atoms with Crippen LogP contribution in [-0.2, 0) is 0 Å². The second-order valence-electron chi connectivity index (χ2n) is 5.09. The van der Waals surface area contributed by atoms with Crippen molar-refractivity contribution in [3.63, 3.8) is 0 Å². The third-order valence-electron chi connectivity index (χ3n) is 3.06. The molecule has 0 aliphatic heterocycles. The first-order valence-electron chi connectivity index (χ1n) is 6.11. The van der Waals surface area contributed by atoms with Gasteiger partial charge >= 0.3 is 0 Å². The van der Waals surface area contributed by atoms with Crippen LogP contribution in [0, 0.1) is 5.92 Å². The molecule has 3 heteroatoms. The van der Waals surface area contributed by atoms with Crippen molar-refractivity contribution in [2.45, 2.75) is 51.7 Å². The van der Waals surface area contributed by atoms with E-state index in [1.807, 2.05) is 0 Å². The number of alkyl halides is 1. The molecule has 0 heterocycles. The molecule has 1 saturated carbocycles. The van der Waals surface area contributed by atoms with Gasteiger partial charge in [-0.1, -0.05) is 26.7 Å². The highest BCUT2D eigenvalue weighted by atomic mass is 35.5. The van der Waals surface area contributed by atoms with Crippen LogP contribution in [0.25, 0.3) is 0 Å². The van der Waals surface area contributed by atoms with Gasteiger partial charge in [-0.25, -0.2) is 0 Å². The molecule has 1 rings (SSSR count). The predicted molar refractivity (Wildman–Crippen MR) is 65.4 cm³/mol. The highest BCUT2D eigenvalue weighted by Crippen LogP contribution is 2.24. The number of nitrogens with zero attached hydrogens (tertiary/aromatic N) is 1. The molecule has 15 heavy (non-hydrogen) atoms. The van der Waals surface area contributed by atoms with E-state index in [4.69, 9.17) is 11.6 Å². The molecule has 0 saturated heterocycles. The lowest BCUT2D eigenvalue weighted by Crippen LogP contribution is -2.41. The molecule has 0 aromatic rings. The van der Waals surface area contributed by atoms with Crippen molar-refractivity contribution in [1.29, 1.82) is 0 Å². The van der Waals surface area contributed by atoms with Crippen LogP contribution in [0.15, 0.2) is 0 Å². The average Bonchev–Trinajstić information content (AvgIpc) is 2.68. The minimum Gasteiger partial charge on any atom is -0.391 e. The van der Waals surface area contributed by atoms with E-state index in [0.29, 0.717) is 17.8 Å². The first-order valence-corrected chi connectivity index (χ1v) is 6.65. The maximum Gasteiger partial charge on any atom is 0.0802 e. The fraction of sp³-hybridized carbons (Fsp3) is 1.00. The van der Waals surface area contributed by atoms with E-state index in [9.17, 15) is 5.11 Å². The van der Waals surface area contributed by atoms with Gasteiger partial charge < -0.3 is 5.11 Å². The summed E-state index contributed by atoms with van der Waals surface area (Å²) in [7, 11) is 0. The van der Waals surface area contributed by atoms with Gasteiger partial charge in [-0.05, 0) is 18.8 Å². The Labute approximate surface area is 98.6 Å². The van der Waals surface area contributed by atoms with Crippen LogP contribution in [-0.4, -0.2) is 41.1 Å². The van der Waals surface area contributed by atoms with E-state index in [-0.39, 0.29) is 6.10 Å². The van der Waals surface area contributed by atoms with Gasteiger partial charge in [-0.15, -0.1) is 11.6 Å². The van der Waals surface area contributed by atoms with Crippen LogP contribution < -0.4 is 0 Å². The molecule has 0 amide bonds. The Hall–Kier alpha value is 0.210. The molecule has 1 fully saturated rings. The normalized spacial score (nSPS) is 20.4. The summed E-state index contributed by atoms with van der Waals surface area (Å²) in [5, 5.41) is 9.63. The minimum absolute atomic E-state index is 0.349. The lowest BCUT2D eigenvalue weighted by atomic mass is 10.1. The van der Waals surface area contributed by atoms with Crippen molar-refractivity contribution in [3.05, 3.63) is 0 Å². The second kappa shape index (κ2) is 6.72. The summed E-state index contributed by atoms with van der Waals surface area (Å²) in [5.74, 6) is 1.01. The Bertz CT molecular complexity index is 169. The zero-order valence-corrected chi connectivity index (χ0v) is 10.7. The summed E-state index contributed by atoms with van der Waals surface area (Å²) in [5.41, 5.74) is 0. The quantitative estimate of drug-likeness (QED) is 0.713. The summed E-state index contributed by atoms with van der Waals surface area (Å²) < 4.78 is 0. The summed E-state index contributed by atoms with van der Waals surface area (Å²) in [6, 6.07) is 0.685. The summed E-state index contributed by atoms with van der Waals surface area (Å²) >= 11 is 5.66. The van der Waals surface area contributed by atoms with Crippen LogP contribution in [0.5, 0.6) is 0 Å². The van der Waals surface area contributed by atoms with E-state index < -0.39 is 0 Å². The maximum absolute atomic E-state index is 9.63. The molecule has 0 bridgehead atoms. The number of aliphatic hydroxyl groups is 1. The van der Waals surface area contributed by atoms with Gasteiger partial charge in [0, 0.05) is 25.0 Å². The molecule has 2 nitrogen and oxygen atoms in total. The van der Waals surface area contributed by atoms with Gasteiger partial charge in [-0.2, -0.15) is 0 Å². The monoisotopic (exact) mass is 233 g/mol. The smallest absolute Gasteiger partial charge is 0.0802 e. The van der Waals surface area contributed by atoms with Crippen LogP contribution >= 0.6 is 11.6 Å². The van der Waals surface area contributed by atoms with Gasteiger partial charge in [0.15, 0.2) is 0 Å². The van der Waals surface area contributed by atoms with Crippen molar-refractivity contribution >= 4 is 11.6 Å². The van der Waals surface area contributed by atoms with E-state index in [0.717, 1.165) is 13.1 Å². The van der Waals surface area contributed by atoms with Crippen molar-refractivity contribution < 1.29 is 5.11 Å². The standard InChI is InChI=1S/C12H24ClNO/c1-10(2)8-14(9-12(15)7-13)11-5-3-4-6-11/h10-12,15H,3-9H2,1-2H3. The van der Waals surface area contributed by atoms with E-state index in [1.165, 1.54) is 25.7 Å². The molecular formula is C12H24ClNO. The van der Waals surface area contributed by atoms with Gasteiger partial charge in [0.2, 0.25) is 0 Å². The molecule has 0 aromatic carbocycles. The first-order chi connectivity index (χ1) is 7.13. The molecule has 90 valence electrons. The largest absolute Gasteiger partial charge is 0.391 e. The van der Waals surface area contributed by atoms with Gasteiger partial charge in [0.1, 0.15) is 0 Å². The Kier molecular flexibility index (Phi) is 5.95. The van der Waals surface area contributed by atoms with Gasteiger partial charge in [0.05, 0.1) is 6.10 Å². The van der Waals surface area contributed by atoms with E-state index >= 15 is 0 Å². The second-order valence-corrected chi connectivity index (χ2v) is 5.40. The SMILES string of the molecule is CC(C)CN(CC(O)CCl)C1CCCC1. The molecule has 0 aromatic heterocycles. The molecule has 0 radical (unpaired) electrons. The number of hydrogen-bond donors (Lipinski definition) is 1. The number of hydrogen-bond acceptors (Lipinski definition) is 2. The Morgan fingerprint density at radius 1 is 1.27 bits per heavy atom. The third-order valence-corrected chi connectivity index (χ3v) is 3.42. The molecule has 0 spiro atoms. The first kappa shape index (κ1) is 13.3. The zero-order valence-electron chi connectivity index (χ0n) is 9.95. The van der Waals surface area contributed by atoms with Crippen LogP contribution in [0.4, 0.5) is 0 Å². The number of rotatable bonds is 6. The zero-order chi connectivity index (χ0) is 11.3. The summed E-state index contributed by atoms with van der Waals surface area (Å²) in [6.07, 6.45) is 4.90. The lowest BCUT2D eigenvalue weighted by molar-refractivity contribution is 0.0920. The molecular weight excluding hydrogens is 210 g/mol. The van der Waals surface area contributed by atoms with Crippen molar-refractivity contribution in [2.75, 3.05) is 19.0 Å². The molecule has 1 unspecified atom stereocenters. The Morgan fingerprint density at radius 3 is 2.33 bits per heavy atom.